The summed E-state index contributed by atoms with van der Waals surface area (Å²) in [6, 6.07) is 16.0. The van der Waals surface area contributed by atoms with Crippen LogP contribution >= 0.6 is 23.4 Å². The summed E-state index contributed by atoms with van der Waals surface area (Å²) in [6.07, 6.45) is 0. The SMILES string of the molecule is C[C@H](NC(=O)CSc1nnc([C@H](C)NC(=O)c2ccc(Cl)cc2)n1C)c1ccccc1. The van der Waals surface area contributed by atoms with Crippen LogP contribution in [0.1, 0.15) is 47.7 Å². The molecule has 1 aromatic heterocycles. The molecule has 2 amide bonds. The first-order valence-corrected chi connectivity index (χ1v) is 11.1. The highest BCUT2D eigenvalue weighted by atomic mass is 35.5. The molecular weight excluding hydrogens is 434 g/mol. The third-order valence-electron chi connectivity index (χ3n) is 4.72. The van der Waals surface area contributed by atoms with Crippen molar-refractivity contribution in [2.75, 3.05) is 5.75 Å². The average Bonchev–Trinajstić information content (AvgIpc) is 3.13. The number of nitrogens with one attached hydrogen (secondary N) is 2. The summed E-state index contributed by atoms with van der Waals surface area (Å²) in [6.45, 7) is 3.78. The topological polar surface area (TPSA) is 88.9 Å². The largest absolute Gasteiger partial charge is 0.349 e. The number of benzene rings is 2. The number of hydrogen-bond donors (Lipinski definition) is 2. The third kappa shape index (κ3) is 6.08. The molecular formula is C22H24ClN5O2S. The van der Waals surface area contributed by atoms with Gasteiger partial charge in [-0.2, -0.15) is 0 Å². The molecule has 2 N–H and O–H groups in total. The van der Waals surface area contributed by atoms with Crippen LogP contribution in [0.3, 0.4) is 0 Å². The van der Waals surface area contributed by atoms with Crippen LogP contribution in [-0.4, -0.2) is 32.3 Å². The molecule has 0 bridgehead atoms. The first-order chi connectivity index (χ1) is 14.8. The Morgan fingerprint density at radius 1 is 1.00 bits per heavy atom. The predicted octanol–water partition coefficient (Wildman–Crippen LogP) is 3.93. The lowest BCUT2D eigenvalue weighted by Gasteiger charge is -2.15. The van der Waals surface area contributed by atoms with Crippen molar-refractivity contribution >= 4 is 35.2 Å². The van der Waals surface area contributed by atoms with Crippen molar-refractivity contribution in [1.29, 1.82) is 0 Å². The number of rotatable bonds is 8. The summed E-state index contributed by atoms with van der Waals surface area (Å²) in [4.78, 5) is 24.7. The van der Waals surface area contributed by atoms with E-state index in [0.29, 0.717) is 21.6 Å². The molecule has 0 aliphatic carbocycles. The smallest absolute Gasteiger partial charge is 0.251 e. The van der Waals surface area contributed by atoms with Gasteiger partial charge in [0.2, 0.25) is 5.91 Å². The number of thioether (sulfide) groups is 1. The normalized spacial score (nSPS) is 12.8. The Balaban J connectivity index is 1.55. The lowest BCUT2D eigenvalue weighted by Crippen LogP contribution is -2.29. The van der Waals surface area contributed by atoms with Crippen LogP contribution < -0.4 is 10.6 Å². The van der Waals surface area contributed by atoms with E-state index in [1.807, 2.05) is 51.2 Å². The molecule has 2 aromatic carbocycles. The van der Waals surface area contributed by atoms with E-state index in [9.17, 15) is 9.59 Å². The maximum Gasteiger partial charge on any atom is 0.251 e. The van der Waals surface area contributed by atoms with Gasteiger partial charge >= 0.3 is 0 Å². The monoisotopic (exact) mass is 457 g/mol. The van der Waals surface area contributed by atoms with E-state index < -0.39 is 0 Å². The summed E-state index contributed by atoms with van der Waals surface area (Å²) in [5.74, 6) is 0.503. The predicted molar refractivity (Wildman–Crippen MR) is 122 cm³/mol. The third-order valence-corrected chi connectivity index (χ3v) is 5.99. The number of nitrogens with zero attached hydrogens (tertiary/aromatic N) is 3. The van der Waals surface area contributed by atoms with Crippen molar-refractivity contribution in [1.82, 2.24) is 25.4 Å². The van der Waals surface area contributed by atoms with Crippen LogP contribution in [0, 0.1) is 0 Å². The van der Waals surface area contributed by atoms with E-state index in [1.54, 1.807) is 28.8 Å². The summed E-state index contributed by atoms with van der Waals surface area (Å²) >= 11 is 7.17. The molecule has 0 saturated carbocycles. The molecule has 3 rings (SSSR count). The minimum Gasteiger partial charge on any atom is -0.349 e. The summed E-state index contributed by atoms with van der Waals surface area (Å²) in [5, 5.41) is 15.4. The molecule has 31 heavy (non-hydrogen) atoms. The molecule has 1 heterocycles. The zero-order valence-electron chi connectivity index (χ0n) is 17.5. The average molecular weight is 458 g/mol. The van der Waals surface area contributed by atoms with Gasteiger partial charge in [0.15, 0.2) is 11.0 Å². The Morgan fingerprint density at radius 3 is 2.35 bits per heavy atom. The zero-order valence-corrected chi connectivity index (χ0v) is 19.1. The number of halogens is 1. The van der Waals surface area contributed by atoms with Gasteiger partial charge in [0, 0.05) is 17.6 Å². The number of aromatic nitrogens is 3. The van der Waals surface area contributed by atoms with E-state index in [1.165, 1.54) is 11.8 Å². The molecule has 0 spiro atoms. The van der Waals surface area contributed by atoms with E-state index >= 15 is 0 Å². The van der Waals surface area contributed by atoms with Crippen molar-refractivity contribution in [2.45, 2.75) is 31.1 Å². The number of carbonyl (C=O) groups excluding carboxylic acids is 2. The minimum atomic E-state index is -0.359. The molecule has 9 heteroatoms. The first-order valence-electron chi connectivity index (χ1n) is 9.78. The minimum absolute atomic E-state index is 0.0764. The van der Waals surface area contributed by atoms with Gasteiger partial charge in [-0.1, -0.05) is 53.7 Å². The van der Waals surface area contributed by atoms with E-state index in [2.05, 4.69) is 20.8 Å². The van der Waals surface area contributed by atoms with Crippen molar-refractivity contribution in [2.24, 2.45) is 7.05 Å². The van der Waals surface area contributed by atoms with E-state index in [0.717, 1.165) is 5.56 Å². The summed E-state index contributed by atoms with van der Waals surface area (Å²) < 4.78 is 1.78. The fraction of sp³-hybridized carbons (Fsp3) is 0.273. The fourth-order valence-electron chi connectivity index (χ4n) is 3.01. The van der Waals surface area contributed by atoms with Gasteiger partial charge in [0.25, 0.3) is 5.91 Å². The van der Waals surface area contributed by atoms with Crippen LogP contribution in [0.5, 0.6) is 0 Å². The Labute approximate surface area is 190 Å². The molecule has 162 valence electrons. The first kappa shape index (κ1) is 22.8. The highest BCUT2D eigenvalue weighted by Crippen LogP contribution is 2.20. The second kappa shape index (κ2) is 10.5. The Morgan fingerprint density at radius 2 is 1.68 bits per heavy atom. The molecule has 0 saturated heterocycles. The lowest BCUT2D eigenvalue weighted by atomic mass is 10.1. The number of carbonyl (C=O) groups is 2. The van der Waals surface area contributed by atoms with Crippen LogP contribution in [0.25, 0.3) is 0 Å². The number of amides is 2. The standard InChI is InChI=1S/C22H24ClN5O2S/c1-14(16-7-5-4-6-8-16)24-19(29)13-31-22-27-26-20(28(22)3)15(2)25-21(30)17-9-11-18(23)12-10-17/h4-12,14-15H,13H2,1-3H3,(H,24,29)(H,25,30)/t14-,15-/m0/s1. The highest BCUT2D eigenvalue weighted by Gasteiger charge is 2.19. The molecule has 0 radical (unpaired) electrons. The molecule has 0 unspecified atom stereocenters. The van der Waals surface area contributed by atoms with Crippen LogP contribution in [0.2, 0.25) is 5.02 Å². The fourth-order valence-corrected chi connectivity index (χ4v) is 3.87. The Bertz CT molecular complexity index is 1040. The van der Waals surface area contributed by atoms with E-state index in [-0.39, 0.29) is 29.7 Å². The van der Waals surface area contributed by atoms with Gasteiger partial charge in [0.05, 0.1) is 17.8 Å². The Kier molecular flexibility index (Phi) is 7.70. The second-order valence-electron chi connectivity index (χ2n) is 7.09. The lowest BCUT2D eigenvalue weighted by molar-refractivity contribution is -0.119. The zero-order chi connectivity index (χ0) is 22.4. The summed E-state index contributed by atoms with van der Waals surface area (Å²) in [5.41, 5.74) is 1.56. The van der Waals surface area contributed by atoms with Crippen LogP contribution in [0.4, 0.5) is 0 Å². The van der Waals surface area contributed by atoms with Crippen molar-refractivity contribution in [3.8, 4) is 0 Å². The van der Waals surface area contributed by atoms with Gasteiger partial charge in [0.1, 0.15) is 0 Å². The molecule has 0 fully saturated rings. The molecule has 3 aromatic rings. The highest BCUT2D eigenvalue weighted by molar-refractivity contribution is 7.99. The molecule has 0 aliphatic heterocycles. The number of hydrogen-bond acceptors (Lipinski definition) is 5. The maximum atomic E-state index is 12.4. The quantitative estimate of drug-likeness (QED) is 0.500. The van der Waals surface area contributed by atoms with E-state index in [4.69, 9.17) is 11.6 Å². The van der Waals surface area contributed by atoms with Gasteiger partial charge in [-0.3, -0.25) is 9.59 Å². The van der Waals surface area contributed by atoms with Gasteiger partial charge in [-0.25, -0.2) is 0 Å². The van der Waals surface area contributed by atoms with Crippen LogP contribution in [0.15, 0.2) is 59.8 Å². The van der Waals surface area contributed by atoms with Gasteiger partial charge in [-0.15, -0.1) is 10.2 Å². The second-order valence-corrected chi connectivity index (χ2v) is 8.47. The van der Waals surface area contributed by atoms with Crippen molar-refractivity contribution in [3.63, 3.8) is 0 Å². The molecule has 2 atom stereocenters. The summed E-state index contributed by atoms with van der Waals surface area (Å²) in [7, 11) is 1.81. The van der Waals surface area contributed by atoms with Crippen LogP contribution in [-0.2, 0) is 11.8 Å². The maximum absolute atomic E-state index is 12.4. The van der Waals surface area contributed by atoms with Gasteiger partial charge < -0.3 is 15.2 Å². The molecule has 0 aliphatic rings. The Hall–Kier alpha value is -2.84. The van der Waals surface area contributed by atoms with Crippen molar-refractivity contribution in [3.05, 3.63) is 76.6 Å². The van der Waals surface area contributed by atoms with Crippen molar-refractivity contribution < 1.29 is 9.59 Å². The van der Waals surface area contributed by atoms with Gasteiger partial charge in [-0.05, 0) is 43.7 Å². The molecule has 7 nitrogen and oxygen atoms in total.